The van der Waals surface area contributed by atoms with Gasteiger partial charge in [0.2, 0.25) is 15.8 Å². The van der Waals surface area contributed by atoms with Crippen molar-refractivity contribution in [1.29, 1.82) is 0 Å². The van der Waals surface area contributed by atoms with Crippen molar-refractivity contribution in [3.8, 4) is 17.1 Å². The molecule has 4 aromatic rings. The zero-order valence-electron chi connectivity index (χ0n) is 18.2. The number of aromatic nitrogens is 2. The summed E-state index contributed by atoms with van der Waals surface area (Å²) in [7, 11) is -2.27. The molecule has 0 saturated heterocycles. The number of sulfonamides is 1. The van der Waals surface area contributed by atoms with Crippen LogP contribution < -0.4 is 9.46 Å². The molecular formula is C24H21N3O6S. The first kappa shape index (κ1) is 23.1. The third-order valence-corrected chi connectivity index (χ3v) is 6.21. The molecule has 0 aliphatic heterocycles. The van der Waals surface area contributed by atoms with E-state index in [-0.39, 0.29) is 29.5 Å². The van der Waals surface area contributed by atoms with E-state index >= 15 is 0 Å². The molecule has 3 aromatic carbocycles. The van der Waals surface area contributed by atoms with Gasteiger partial charge in [0.25, 0.3) is 5.89 Å². The highest BCUT2D eigenvalue weighted by Crippen LogP contribution is 2.21. The van der Waals surface area contributed by atoms with E-state index in [0.717, 1.165) is 5.56 Å². The first-order valence-corrected chi connectivity index (χ1v) is 11.7. The standard InChI is InChI=1S/C24H21N3O6S/c1-31-20-11-5-9-18(13-20)23-26-22(33-27-23)16-32-24(28)19-10-6-12-21(14-19)34(29,30)25-15-17-7-3-2-4-8-17/h2-14,25H,15-16H2,1H3. The largest absolute Gasteiger partial charge is 0.497 e. The molecule has 0 saturated carbocycles. The Hall–Kier alpha value is -4.02. The van der Waals surface area contributed by atoms with Crippen LogP contribution in [-0.2, 0) is 27.9 Å². The van der Waals surface area contributed by atoms with Crippen LogP contribution in [-0.4, -0.2) is 31.6 Å². The van der Waals surface area contributed by atoms with E-state index in [1.807, 2.05) is 30.3 Å². The van der Waals surface area contributed by atoms with Gasteiger partial charge in [-0.3, -0.25) is 0 Å². The zero-order valence-corrected chi connectivity index (χ0v) is 19.0. The minimum atomic E-state index is -3.82. The van der Waals surface area contributed by atoms with Crippen LogP contribution in [0.5, 0.6) is 5.75 Å². The number of esters is 1. The quantitative estimate of drug-likeness (QED) is 0.362. The summed E-state index contributed by atoms with van der Waals surface area (Å²) in [5.41, 5.74) is 1.58. The highest BCUT2D eigenvalue weighted by atomic mass is 32.2. The van der Waals surface area contributed by atoms with Crippen molar-refractivity contribution >= 4 is 16.0 Å². The molecule has 0 atom stereocenters. The lowest BCUT2D eigenvalue weighted by Crippen LogP contribution is -2.23. The van der Waals surface area contributed by atoms with Crippen molar-refractivity contribution in [2.24, 2.45) is 0 Å². The number of nitrogens with zero attached hydrogens (tertiary/aromatic N) is 2. The average molecular weight is 480 g/mol. The lowest BCUT2D eigenvalue weighted by atomic mass is 10.2. The molecule has 1 aromatic heterocycles. The van der Waals surface area contributed by atoms with E-state index in [0.29, 0.717) is 17.1 Å². The number of rotatable bonds is 9. The Morgan fingerprint density at radius 3 is 2.59 bits per heavy atom. The molecule has 0 amide bonds. The summed E-state index contributed by atoms with van der Waals surface area (Å²) in [4.78, 5) is 16.7. The lowest BCUT2D eigenvalue weighted by molar-refractivity contribution is 0.0429. The fourth-order valence-electron chi connectivity index (χ4n) is 3.05. The first-order valence-electron chi connectivity index (χ1n) is 10.2. The predicted octanol–water partition coefficient (Wildman–Crippen LogP) is 3.58. The molecule has 1 heterocycles. The second kappa shape index (κ2) is 10.3. The summed E-state index contributed by atoms with van der Waals surface area (Å²) in [6.07, 6.45) is 0. The summed E-state index contributed by atoms with van der Waals surface area (Å²) < 4.78 is 43.4. The monoisotopic (exact) mass is 479 g/mol. The summed E-state index contributed by atoms with van der Waals surface area (Å²) in [6, 6.07) is 21.8. The fraction of sp³-hybridized carbons (Fsp3) is 0.125. The fourth-order valence-corrected chi connectivity index (χ4v) is 4.11. The van der Waals surface area contributed by atoms with E-state index in [4.69, 9.17) is 14.0 Å². The normalized spacial score (nSPS) is 11.2. The van der Waals surface area contributed by atoms with Crippen molar-refractivity contribution in [3.05, 3.63) is 95.9 Å². The molecule has 10 heteroatoms. The van der Waals surface area contributed by atoms with Crippen LogP contribution in [0.2, 0.25) is 0 Å². The maximum absolute atomic E-state index is 12.6. The van der Waals surface area contributed by atoms with Gasteiger partial charge < -0.3 is 14.0 Å². The number of carbonyl (C=O) groups is 1. The Kier molecular flexibility index (Phi) is 7.00. The highest BCUT2D eigenvalue weighted by molar-refractivity contribution is 7.89. The van der Waals surface area contributed by atoms with Gasteiger partial charge in [0.1, 0.15) is 5.75 Å². The number of methoxy groups -OCH3 is 1. The Balaban J connectivity index is 1.39. The molecule has 0 aliphatic rings. The van der Waals surface area contributed by atoms with Crippen LogP contribution in [0.4, 0.5) is 0 Å². The van der Waals surface area contributed by atoms with Gasteiger partial charge in [-0.25, -0.2) is 17.9 Å². The van der Waals surface area contributed by atoms with Crippen LogP contribution in [0.25, 0.3) is 11.4 Å². The molecule has 0 fully saturated rings. The summed E-state index contributed by atoms with van der Waals surface area (Å²) >= 11 is 0. The van der Waals surface area contributed by atoms with Crippen molar-refractivity contribution in [1.82, 2.24) is 14.9 Å². The predicted molar refractivity (Wildman–Crippen MR) is 122 cm³/mol. The molecule has 9 nitrogen and oxygen atoms in total. The maximum atomic E-state index is 12.6. The Morgan fingerprint density at radius 1 is 1.00 bits per heavy atom. The van der Waals surface area contributed by atoms with Crippen LogP contribution in [0.3, 0.4) is 0 Å². The molecule has 34 heavy (non-hydrogen) atoms. The Labute approximate surface area is 196 Å². The van der Waals surface area contributed by atoms with Gasteiger partial charge in [-0.05, 0) is 35.9 Å². The number of ether oxygens (including phenoxy) is 2. The van der Waals surface area contributed by atoms with Gasteiger partial charge in [-0.2, -0.15) is 4.98 Å². The number of benzene rings is 3. The van der Waals surface area contributed by atoms with Gasteiger partial charge in [-0.1, -0.05) is 53.7 Å². The van der Waals surface area contributed by atoms with Crippen LogP contribution in [0.15, 0.2) is 88.3 Å². The SMILES string of the molecule is COc1cccc(-c2noc(COC(=O)c3cccc(S(=O)(=O)NCc4ccccc4)c3)n2)c1. The van der Waals surface area contributed by atoms with E-state index < -0.39 is 16.0 Å². The minimum absolute atomic E-state index is 0.0454. The van der Waals surface area contributed by atoms with Crippen LogP contribution in [0.1, 0.15) is 21.8 Å². The van der Waals surface area contributed by atoms with E-state index in [9.17, 15) is 13.2 Å². The number of carbonyl (C=O) groups excluding carboxylic acids is 1. The summed E-state index contributed by atoms with van der Waals surface area (Å²) in [6.45, 7) is -0.135. The molecule has 0 bridgehead atoms. The van der Waals surface area contributed by atoms with Crippen molar-refractivity contribution in [2.45, 2.75) is 18.0 Å². The smallest absolute Gasteiger partial charge is 0.338 e. The average Bonchev–Trinajstić information content (AvgIpc) is 3.36. The van der Waals surface area contributed by atoms with Gasteiger partial charge in [0, 0.05) is 12.1 Å². The summed E-state index contributed by atoms with van der Waals surface area (Å²) in [5.74, 6) is 0.339. The topological polar surface area (TPSA) is 121 Å². The molecule has 1 N–H and O–H groups in total. The van der Waals surface area contributed by atoms with Gasteiger partial charge in [-0.15, -0.1) is 0 Å². The van der Waals surface area contributed by atoms with Gasteiger partial charge in [0.15, 0.2) is 6.61 Å². The molecule has 0 aliphatic carbocycles. The minimum Gasteiger partial charge on any atom is -0.497 e. The number of nitrogens with one attached hydrogen (secondary N) is 1. The molecule has 174 valence electrons. The summed E-state index contributed by atoms with van der Waals surface area (Å²) in [5, 5.41) is 3.88. The molecule has 0 spiro atoms. The van der Waals surface area contributed by atoms with E-state index in [1.165, 1.54) is 24.3 Å². The number of hydrogen-bond donors (Lipinski definition) is 1. The van der Waals surface area contributed by atoms with Crippen LogP contribution in [0, 0.1) is 0 Å². The first-order chi connectivity index (χ1) is 16.4. The molecule has 4 rings (SSSR count). The second-order valence-electron chi connectivity index (χ2n) is 7.16. The molecule has 0 unspecified atom stereocenters. The molecular weight excluding hydrogens is 458 g/mol. The number of hydrogen-bond acceptors (Lipinski definition) is 8. The van der Waals surface area contributed by atoms with Crippen molar-refractivity contribution in [2.75, 3.05) is 7.11 Å². The maximum Gasteiger partial charge on any atom is 0.338 e. The zero-order chi connectivity index (χ0) is 24.0. The van der Waals surface area contributed by atoms with Crippen molar-refractivity contribution in [3.63, 3.8) is 0 Å². The van der Waals surface area contributed by atoms with Gasteiger partial charge >= 0.3 is 5.97 Å². The van der Waals surface area contributed by atoms with E-state index in [1.54, 1.807) is 31.4 Å². The Morgan fingerprint density at radius 2 is 1.79 bits per heavy atom. The highest BCUT2D eigenvalue weighted by Gasteiger charge is 2.18. The van der Waals surface area contributed by atoms with Crippen molar-refractivity contribution < 1.29 is 27.2 Å². The third kappa shape index (κ3) is 5.66. The Bertz CT molecular complexity index is 1390. The lowest BCUT2D eigenvalue weighted by Gasteiger charge is -2.08. The van der Waals surface area contributed by atoms with E-state index in [2.05, 4.69) is 14.9 Å². The van der Waals surface area contributed by atoms with Crippen LogP contribution >= 0.6 is 0 Å². The van der Waals surface area contributed by atoms with Gasteiger partial charge in [0.05, 0.1) is 17.6 Å². The third-order valence-electron chi connectivity index (χ3n) is 4.81. The molecule has 0 radical (unpaired) electrons. The second-order valence-corrected chi connectivity index (χ2v) is 8.92.